The molecule has 0 bridgehead atoms. The first-order valence-electron chi connectivity index (χ1n) is 8.57. The maximum absolute atomic E-state index is 13.3. The third-order valence-electron chi connectivity index (χ3n) is 5.11. The van der Waals surface area contributed by atoms with Gasteiger partial charge in [-0.05, 0) is 19.9 Å². The predicted molar refractivity (Wildman–Crippen MR) is 102 cm³/mol. The van der Waals surface area contributed by atoms with Crippen LogP contribution in [-0.4, -0.2) is 29.5 Å². The molecule has 27 heavy (non-hydrogen) atoms. The van der Waals surface area contributed by atoms with E-state index in [2.05, 4.69) is 9.97 Å². The van der Waals surface area contributed by atoms with E-state index in [9.17, 15) is 14.4 Å². The Labute approximate surface area is 153 Å². The molecule has 8 heteroatoms. The Balaban J connectivity index is 1.92. The maximum atomic E-state index is 13.3. The summed E-state index contributed by atoms with van der Waals surface area (Å²) in [4.78, 5) is 45.5. The highest BCUT2D eigenvalue weighted by Crippen LogP contribution is 2.27. The van der Waals surface area contributed by atoms with E-state index in [-0.39, 0.29) is 16.9 Å². The van der Waals surface area contributed by atoms with Crippen LogP contribution in [-0.2, 0) is 14.1 Å². The van der Waals surface area contributed by atoms with E-state index in [1.54, 1.807) is 18.5 Å². The molecule has 1 atom stereocenters. The number of fused-ring (bicyclic) bond motifs is 2. The number of aryl methyl sites for hydroxylation is 2. The van der Waals surface area contributed by atoms with Gasteiger partial charge in [0, 0.05) is 36.3 Å². The quantitative estimate of drug-likeness (QED) is 0.559. The number of aromatic amines is 1. The molecule has 0 aliphatic rings. The molecule has 0 aliphatic heterocycles. The standard InChI is InChI=1S/C19H19N5O3/c1-10-14(12-7-5-6-8-13(12)21-10)16(25)11(2)24-9-20-17-15(24)18(26)23(4)19(27)22(17)3/h5-9,11,21H,1-4H3/t11-/m0/s1. The number of carbonyl (C=O) groups is 1. The monoisotopic (exact) mass is 365 g/mol. The lowest BCUT2D eigenvalue weighted by molar-refractivity contribution is 0.0938. The predicted octanol–water partition coefficient (Wildman–Crippen LogP) is 1.67. The zero-order chi connectivity index (χ0) is 19.5. The fraction of sp³-hybridized carbons (Fsp3) is 0.263. The number of ketones is 1. The molecule has 3 heterocycles. The molecule has 0 saturated heterocycles. The van der Waals surface area contributed by atoms with Gasteiger partial charge < -0.3 is 9.55 Å². The molecular weight excluding hydrogens is 346 g/mol. The summed E-state index contributed by atoms with van der Waals surface area (Å²) in [6.45, 7) is 3.59. The van der Waals surface area contributed by atoms with E-state index >= 15 is 0 Å². The summed E-state index contributed by atoms with van der Waals surface area (Å²) in [6.07, 6.45) is 1.44. The Morgan fingerprint density at radius 2 is 1.85 bits per heavy atom. The van der Waals surface area contributed by atoms with Crippen LogP contribution < -0.4 is 11.2 Å². The number of rotatable bonds is 3. The van der Waals surface area contributed by atoms with Gasteiger partial charge in [-0.1, -0.05) is 18.2 Å². The van der Waals surface area contributed by atoms with Crippen LogP contribution in [0.2, 0.25) is 0 Å². The topological polar surface area (TPSA) is 94.7 Å². The van der Waals surface area contributed by atoms with Crippen molar-refractivity contribution in [2.75, 3.05) is 0 Å². The third kappa shape index (κ3) is 2.29. The van der Waals surface area contributed by atoms with Crippen molar-refractivity contribution in [3.05, 3.63) is 62.7 Å². The SMILES string of the molecule is Cc1[nH]c2ccccc2c1C(=O)[C@H](C)n1cnc2c1c(=O)n(C)c(=O)n2C. The molecule has 0 radical (unpaired) electrons. The number of hydrogen-bond donors (Lipinski definition) is 1. The van der Waals surface area contributed by atoms with Crippen molar-refractivity contribution >= 4 is 27.9 Å². The fourth-order valence-corrected chi connectivity index (χ4v) is 3.59. The second-order valence-corrected chi connectivity index (χ2v) is 6.74. The Morgan fingerprint density at radius 3 is 2.59 bits per heavy atom. The second kappa shape index (κ2) is 5.80. The summed E-state index contributed by atoms with van der Waals surface area (Å²) in [5.74, 6) is -0.125. The van der Waals surface area contributed by atoms with Crippen LogP contribution in [0.15, 0.2) is 40.2 Å². The molecule has 138 valence electrons. The number of Topliss-reactive ketones (excluding diaryl/α,β-unsaturated/α-hetero) is 1. The fourth-order valence-electron chi connectivity index (χ4n) is 3.59. The van der Waals surface area contributed by atoms with Crippen LogP contribution >= 0.6 is 0 Å². The minimum absolute atomic E-state index is 0.125. The highest BCUT2D eigenvalue weighted by atomic mass is 16.2. The average Bonchev–Trinajstić information content (AvgIpc) is 3.24. The Morgan fingerprint density at radius 1 is 1.15 bits per heavy atom. The number of aromatic nitrogens is 5. The summed E-state index contributed by atoms with van der Waals surface area (Å²) in [5, 5.41) is 0.844. The van der Waals surface area contributed by atoms with Crippen molar-refractivity contribution in [1.82, 2.24) is 23.7 Å². The maximum Gasteiger partial charge on any atom is 0.332 e. The van der Waals surface area contributed by atoms with Gasteiger partial charge in [-0.2, -0.15) is 0 Å². The van der Waals surface area contributed by atoms with Crippen LogP contribution in [0.1, 0.15) is 29.0 Å². The van der Waals surface area contributed by atoms with Gasteiger partial charge in [-0.25, -0.2) is 9.78 Å². The number of imidazole rings is 1. The van der Waals surface area contributed by atoms with Gasteiger partial charge in [0.05, 0.1) is 12.4 Å². The Bertz CT molecular complexity index is 1340. The normalized spacial score (nSPS) is 12.7. The van der Waals surface area contributed by atoms with E-state index in [0.29, 0.717) is 5.56 Å². The molecule has 0 unspecified atom stereocenters. The van der Waals surface area contributed by atoms with Gasteiger partial charge in [0.2, 0.25) is 0 Å². The molecule has 1 aromatic carbocycles. The van der Waals surface area contributed by atoms with Crippen molar-refractivity contribution in [2.24, 2.45) is 14.1 Å². The Hall–Kier alpha value is -3.42. The van der Waals surface area contributed by atoms with Crippen LogP contribution in [0.25, 0.3) is 22.1 Å². The zero-order valence-electron chi connectivity index (χ0n) is 15.5. The molecule has 8 nitrogen and oxygen atoms in total. The first-order valence-corrected chi connectivity index (χ1v) is 8.57. The minimum Gasteiger partial charge on any atom is -0.358 e. The van der Waals surface area contributed by atoms with Crippen LogP contribution in [0, 0.1) is 6.92 Å². The lowest BCUT2D eigenvalue weighted by atomic mass is 10.0. The van der Waals surface area contributed by atoms with Gasteiger partial charge in [-0.15, -0.1) is 0 Å². The number of nitrogens with zero attached hydrogens (tertiary/aromatic N) is 4. The zero-order valence-corrected chi connectivity index (χ0v) is 15.5. The van der Waals surface area contributed by atoms with Crippen LogP contribution in [0.3, 0.4) is 0 Å². The lowest BCUT2D eigenvalue weighted by Gasteiger charge is -2.14. The van der Waals surface area contributed by atoms with Crippen molar-refractivity contribution in [2.45, 2.75) is 19.9 Å². The molecule has 0 fully saturated rings. The van der Waals surface area contributed by atoms with E-state index in [4.69, 9.17) is 0 Å². The van der Waals surface area contributed by atoms with Gasteiger partial charge in [-0.3, -0.25) is 18.7 Å². The van der Waals surface area contributed by atoms with E-state index < -0.39 is 17.3 Å². The Kier molecular flexibility index (Phi) is 3.66. The number of hydrogen-bond acceptors (Lipinski definition) is 4. The number of para-hydroxylation sites is 1. The van der Waals surface area contributed by atoms with E-state index in [1.807, 2.05) is 31.2 Å². The summed E-state index contributed by atoms with van der Waals surface area (Å²) < 4.78 is 3.87. The highest BCUT2D eigenvalue weighted by Gasteiger charge is 2.25. The average molecular weight is 365 g/mol. The largest absolute Gasteiger partial charge is 0.358 e. The third-order valence-corrected chi connectivity index (χ3v) is 5.11. The van der Waals surface area contributed by atoms with E-state index in [0.717, 1.165) is 21.2 Å². The number of nitrogens with one attached hydrogen (secondary N) is 1. The van der Waals surface area contributed by atoms with Crippen LogP contribution in [0.5, 0.6) is 0 Å². The van der Waals surface area contributed by atoms with Gasteiger partial charge in [0.15, 0.2) is 16.9 Å². The molecule has 1 N–H and O–H groups in total. The van der Waals surface area contributed by atoms with Crippen molar-refractivity contribution in [1.29, 1.82) is 0 Å². The first-order chi connectivity index (χ1) is 12.8. The molecule has 0 spiro atoms. The highest BCUT2D eigenvalue weighted by molar-refractivity contribution is 6.11. The van der Waals surface area contributed by atoms with Crippen molar-refractivity contribution < 1.29 is 4.79 Å². The summed E-state index contributed by atoms with van der Waals surface area (Å²) in [6, 6.07) is 6.95. The number of benzene rings is 1. The van der Waals surface area contributed by atoms with Crippen molar-refractivity contribution in [3.63, 3.8) is 0 Å². The molecule has 4 aromatic rings. The molecular formula is C19H19N5O3. The summed E-state index contributed by atoms with van der Waals surface area (Å²) in [5.41, 5.74) is 1.83. The van der Waals surface area contributed by atoms with Crippen LogP contribution in [0.4, 0.5) is 0 Å². The summed E-state index contributed by atoms with van der Waals surface area (Å²) >= 11 is 0. The molecule has 4 rings (SSSR count). The minimum atomic E-state index is -0.655. The van der Waals surface area contributed by atoms with Gasteiger partial charge in [0.25, 0.3) is 5.56 Å². The molecule has 3 aromatic heterocycles. The molecule has 0 aliphatic carbocycles. The smallest absolute Gasteiger partial charge is 0.332 e. The first kappa shape index (κ1) is 17.0. The molecule has 0 saturated carbocycles. The lowest BCUT2D eigenvalue weighted by Crippen LogP contribution is -2.38. The van der Waals surface area contributed by atoms with Crippen molar-refractivity contribution in [3.8, 4) is 0 Å². The summed E-state index contributed by atoms with van der Waals surface area (Å²) in [7, 11) is 2.97. The number of H-pyrrole nitrogens is 1. The van der Waals surface area contributed by atoms with Gasteiger partial charge in [0.1, 0.15) is 0 Å². The van der Waals surface area contributed by atoms with E-state index in [1.165, 1.54) is 17.9 Å². The number of carbonyl (C=O) groups excluding carboxylic acids is 1. The van der Waals surface area contributed by atoms with Gasteiger partial charge >= 0.3 is 5.69 Å². The second-order valence-electron chi connectivity index (χ2n) is 6.74. The molecule has 0 amide bonds.